The Morgan fingerprint density at radius 3 is 2.79 bits per heavy atom. The Balaban J connectivity index is 1.49. The fraction of sp³-hybridized carbons (Fsp3) is 0.167. The van der Waals surface area contributed by atoms with Crippen molar-refractivity contribution < 1.29 is 9.53 Å². The highest BCUT2D eigenvalue weighted by atomic mass is 35.5. The summed E-state index contributed by atoms with van der Waals surface area (Å²) >= 11 is 8.14. The molecule has 1 amide bonds. The molecule has 0 fully saturated rings. The predicted octanol–water partition coefficient (Wildman–Crippen LogP) is 5.21. The molecule has 3 aromatic carbocycles. The molecule has 0 bridgehead atoms. The van der Waals surface area contributed by atoms with E-state index in [1.54, 1.807) is 0 Å². The molecule has 0 saturated carbocycles. The molecule has 4 aromatic rings. The van der Waals surface area contributed by atoms with Gasteiger partial charge in [0.2, 0.25) is 11.9 Å². The summed E-state index contributed by atoms with van der Waals surface area (Å²) in [6.07, 6.45) is 0. The van der Waals surface area contributed by atoms with Gasteiger partial charge in [-0.05, 0) is 45.7 Å². The molecule has 1 aromatic heterocycles. The third kappa shape index (κ3) is 4.50. The molecule has 166 valence electrons. The van der Waals surface area contributed by atoms with Crippen LogP contribution < -0.4 is 11.1 Å². The van der Waals surface area contributed by atoms with Crippen molar-refractivity contribution in [1.82, 2.24) is 15.0 Å². The molecule has 0 unspecified atom stereocenters. The summed E-state index contributed by atoms with van der Waals surface area (Å²) < 4.78 is 5.68. The van der Waals surface area contributed by atoms with Crippen LogP contribution in [0.3, 0.4) is 0 Å². The van der Waals surface area contributed by atoms with Gasteiger partial charge in [0.15, 0.2) is 11.0 Å². The Kier molecular flexibility index (Phi) is 5.88. The molecule has 5 rings (SSSR count). The second-order valence-electron chi connectivity index (χ2n) is 7.70. The van der Waals surface area contributed by atoms with Crippen LogP contribution in [0.1, 0.15) is 23.6 Å². The standard InChI is InChI=1S/C24H20ClN5O2S/c1-13(31)27-17-6-2-4-14(8-17)12-33-24-29-22(28-23(26)30-24)21-18-7-3-5-15-10-32-11-16(20(15)18)9-19(21)25/h2-9H,10-12H2,1H3,(H,27,31)(H2,26,28,29,30). The summed E-state index contributed by atoms with van der Waals surface area (Å²) in [6, 6.07) is 15.6. The molecule has 9 heteroatoms. The molecule has 0 atom stereocenters. The monoisotopic (exact) mass is 477 g/mol. The number of ether oxygens (including phenoxy) is 1. The van der Waals surface area contributed by atoms with E-state index in [-0.39, 0.29) is 11.9 Å². The van der Waals surface area contributed by atoms with Crippen LogP contribution in [0.5, 0.6) is 0 Å². The lowest BCUT2D eigenvalue weighted by atomic mass is 9.94. The minimum Gasteiger partial charge on any atom is -0.372 e. The first-order valence-corrected chi connectivity index (χ1v) is 11.7. The summed E-state index contributed by atoms with van der Waals surface area (Å²) in [7, 11) is 0. The maximum Gasteiger partial charge on any atom is 0.224 e. The van der Waals surface area contributed by atoms with Crippen LogP contribution in [-0.4, -0.2) is 20.9 Å². The highest BCUT2D eigenvalue weighted by molar-refractivity contribution is 7.98. The van der Waals surface area contributed by atoms with Gasteiger partial charge in [0, 0.05) is 23.9 Å². The number of halogens is 1. The smallest absolute Gasteiger partial charge is 0.224 e. The van der Waals surface area contributed by atoms with E-state index in [4.69, 9.17) is 22.1 Å². The number of hydrogen-bond donors (Lipinski definition) is 2. The van der Waals surface area contributed by atoms with E-state index in [2.05, 4.69) is 26.3 Å². The Morgan fingerprint density at radius 2 is 1.94 bits per heavy atom. The quantitative estimate of drug-likeness (QED) is 0.380. The van der Waals surface area contributed by atoms with Crippen molar-refractivity contribution in [2.45, 2.75) is 31.0 Å². The van der Waals surface area contributed by atoms with Crippen LogP contribution in [-0.2, 0) is 28.5 Å². The SMILES string of the molecule is CC(=O)Nc1cccc(CSc2nc(N)nc(-c3c(Cl)cc4c5c(cccc35)COC4)n2)c1. The maximum atomic E-state index is 11.3. The number of nitrogens with two attached hydrogens (primary N) is 1. The minimum absolute atomic E-state index is 0.112. The number of anilines is 2. The first kappa shape index (κ1) is 21.6. The second-order valence-corrected chi connectivity index (χ2v) is 9.04. The zero-order chi connectivity index (χ0) is 22.9. The van der Waals surface area contributed by atoms with Crippen molar-refractivity contribution in [1.29, 1.82) is 0 Å². The Hall–Kier alpha value is -3.20. The van der Waals surface area contributed by atoms with Gasteiger partial charge in [-0.2, -0.15) is 9.97 Å². The lowest BCUT2D eigenvalue weighted by molar-refractivity contribution is -0.114. The molecule has 0 aliphatic carbocycles. The number of benzene rings is 3. The van der Waals surface area contributed by atoms with Gasteiger partial charge in [-0.1, -0.05) is 53.7 Å². The van der Waals surface area contributed by atoms with Gasteiger partial charge >= 0.3 is 0 Å². The summed E-state index contributed by atoms with van der Waals surface area (Å²) in [5.74, 6) is 1.07. The van der Waals surface area contributed by atoms with Crippen molar-refractivity contribution >= 4 is 51.7 Å². The van der Waals surface area contributed by atoms with E-state index in [9.17, 15) is 4.79 Å². The van der Waals surface area contributed by atoms with Crippen molar-refractivity contribution in [3.8, 4) is 11.4 Å². The van der Waals surface area contributed by atoms with Gasteiger partial charge in [0.25, 0.3) is 0 Å². The van der Waals surface area contributed by atoms with Crippen LogP contribution in [0.25, 0.3) is 22.2 Å². The van der Waals surface area contributed by atoms with Crippen LogP contribution in [0.15, 0.2) is 53.7 Å². The zero-order valence-electron chi connectivity index (χ0n) is 17.8. The number of carbonyl (C=O) groups is 1. The summed E-state index contributed by atoms with van der Waals surface area (Å²) in [6.45, 7) is 2.56. The minimum atomic E-state index is -0.112. The van der Waals surface area contributed by atoms with Crippen molar-refractivity contribution in [2.24, 2.45) is 0 Å². The Bertz CT molecular complexity index is 1400. The normalized spacial score (nSPS) is 12.7. The number of carbonyl (C=O) groups excluding carboxylic acids is 1. The van der Waals surface area contributed by atoms with E-state index in [0.717, 1.165) is 38.7 Å². The lowest BCUT2D eigenvalue weighted by Gasteiger charge is -2.20. The molecule has 2 heterocycles. The molecule has 33 heavy (non-hydrogen) atoms. The van der Waals surface area contributed by atoms with Crippen molar-refractivity contribution in [2.75, 3.05) is 11.1 Å². The van der Waals surface area contributed by atoms with Gasteiger partial charge in [-0.25, -0.2) is 4.98 Å². The predicted molar refractivity (Wildman–Crippen MR) is 131 cm³/mol. The summed E-state index contributed by atoms with van der Waals surface area (Å²) in [5, 5.41) is 5.95. The summed E-state index contributed by atoms with van der Waals surface area (Å²) in [4.78, 5) is 24.7. The van der Waals surface area contributed by atoms with E-state index in [1.807, 2.05) is 42.5 Å². The largest absolute Gasteiger partial charge is 0.372 e. The van der Waals surface area contributed by atoms with Crippen molar-refractivity contribution in [3.05, 3.63) is 70.2 Å². The molecule has 1 aliphatic rings. The topological polar surface area (TPSA) is 103 Å². The van der Waals surface area contributed by atoms with Crippen molar-refractivity contribution in [3.63, 3.8) is 0 Å². The number of aromatic nitrogens is 3. The fourth-order valence-electron chi connectivity index (χ4n) is 3.98. The number of amides is 1. The van der Waals surface area contributed by atoms with Gasteiger partial charge < -0.3 is 15.8 Å². The molecule has 1 aliphatic heterocycles. The summed E-state index contributed by atoms with van der Waals surface area (Å²) in [5.41, 5.74) is 10.7. The molecule has 0 radical (unpaired) electrons. The molecule has 3 N–H and O–H groups in total. The fourth-order valence-corrected chi connectivity index (χ4v) is 5.09. The number of nitrogens with one attached hydrogen (secondary N) is 1. The van der Waals surface area contributed by atoms with Gasteiger partial charge in [-0.3, -0.25) is 4.79 Å². The van der Waals surface area contributed by atoms with Gasteiger partial charge in [0.05, 0.1) is 18.2 Å². The van der Waals surface area contributed by atoms with Crippen LogP contribution in [0, 0.1) is 0 Å². The number of rotatable bonds is 5. The van der Waals surface area contributed by atoms with E-state index >= 15 is 0 Å². The molecular weight excluding hydrogens is 458 g/mol. The third-order valence-electron chi connectivity index (χ3n) is 5.27. The van der Waals surface area contributed by atoms with Crippen LogP contribution in [0.2, 0.25) is 5.02 Å². The lowest BCUT2D eigenvalue weighted by Crippen LogP contribution is -2.07. The Morgan fingerprint density at radius 1 is 1.12 bits per heavy atom. The third-order valence-corrected chi connectivity index (χ3v) is 6.48. The van der Waals surface area contributed by atoms with Crippen LogP contribution >= 0.6 is 23.4 Å². The first-order chi connectivity index (χ1) is 16.0. The zero-order valence-corrected chi connectivity index (χ0v) is 19.3. The van der Waals surface area contributed by atoms with E-state index < -0.39 is 0 Å². The molecular formula is C24H20ClN5O2S. The van der Waals surface area contributed by atoms with Crippen LogP contribution in [0.4, 0.5) is 11.6 Å². The number of nitrogens with zero attached hydrogens (tertiary/aromatic N) is 3. The average Bonchev–Trinajstić information content (AvgIpc) is 2.77. The average molecular weight is 478 g/mol. The van der Waals surface area contributed by atoms with E-state index in [1.165, 1.54) is 18.7 Å². The number of thioether (sulfide) groups is 1. The molecule has 0 saturated heterocycles. The first-order valence-electron chi connectivity index (χ1n) is 10.3. The van der Waals surface area contributed by atoms with Gasteiger partial charge in [0.1, 0.15) is 0 Å². The van der Waals surface area contributed by atoms with E-state index in [0.29, 0.717) is 35.0 Å². The highest BCUT2D eigenvalue weighted by Gasteiger charge is 2.21. The Labute approximate surface area is 199 Å². The second kappa shape index (κ2) is 8.97. The maximum absolute atomic E-state index is 11.3. The highest BCUT2D eigenvalue weighted by Crippen LogP contribution is 2.40. The number of hydrogen-bond acceptors (Lipinski definition) is 7. The molecule has 7 nitrogen and oxygen atoms in total. The molecule has 0 spiro atoms. The van der Waals surface area contributed by atoms with Gasteiger partial charge in [-0.15, -0.1) is 0 Å². The number of nitrogen functional groups attached to an aromatic ring is 1.